The molecule has 3 heteroatoms. The second-order valence-corrected chi connectivity index (χ2v) is 4.00. The Balaban J connectivity index is 3.35. The molecule has 0 aromatic carbocycles. The molecule has 0 spiro atoms. The third kappa shape index (κ3) is 6.35. The van der Waals surface area contributed by atoms with Gasteiger partial charge in [0, 0.05) is 25.7 Å². The number of nitrogens with one attached hydrogen (secondary N) is 1. The summed E-state index contributed by atoms with van der Waals surface area (Å²) in [6, 6.07) is 0.646. The molecule has 0 amide bonds. The highest BCUT2D eigenvalue weighted by Crippen LogP contribution is 1.98. The molecule has 0 fully saturated rings. The van der Waals surface area contributed by atoms with Gasteiger partial charge in [0.05, 0.1) is 6.10 Å². The van der Waals surface area contributed by atoms with Gasteiger partial charge in [0.1, 0.15) is 0 Å². The molecule has 0 rings (SSSR count). The van der Waals surface area contributed by atoms with E-state index in [9.17, 15) is 5.11 Å². The summed E-state index contributed by atoms with van der Waals surface area (Å²) in [6.45, 7) is 9.15. The van der Waals surface area contributed by atoms with Gasteiger partial charge < -0.3 is 15.3 Å². The van der Waals surface area contributed by atoms with Crippen molar-refractivity contribution in [3.05, 3.63) is 0 Å². The molecule has 2 N–H and O–H groups in total. The molecule has 14 heavy (non-hydrogen) atoms. The van der Waals surface area contributed by atoms with E-state index in [4.69, 9.17) is 0 Å². The number of hydrogen-bond acceptors (Lipinski definition) is 3. The molecular formula is C11H26N2O. The van der Waals surface area contributed by atoms with E-state index in [-0.39, 0.29) is 6.10 Å². The predicted molar refractivity (Wildman–Crippen MR) is 61.6 cm³/mol. The van der Waals surface area contributed by atoms with Gasteiger partial charge in [-0.3, -0.25) is 0 Å². The lowest BCUT2D eigenvalue weighted by Gasteiger charge is -2.23. The zero-order valence-corrected chi connectivity index (χ0v) is 10.1. The van der Waals surface area contributed by atoms with Crippen LogP contribution in [0.1, 0.15) is 33.6 Å². The van der Waals surface area contributed by atoms with Crippen molar-refractivity contribution in [2.24, 2.45) is 0 Å². The maximum absolute atomic E-state index is 9.30. The van der Waals surface area contributed by atoms with Crippen LogP contribution in [0.4, 0.5) is 0 Å². The van der Waals surface area contributed by atoms with E-state index in [1.807, 2.05) is 6.92 Å². The van der Waals surface area contributed by atoms with E-state index in [1.54, 1.807) is 0 Å². The number of aliphatic hydroxyl groups is 1. The Hall–Kier alpha value is -0.120. The molecule has 3 nitrogen and oxygen atoms in total. The highest BCUT2D eigenvalue weighted by Gasteiger charge is 2.05. The largest absolute Gasteiger partial charge is 0.392 e. The standard InChI is InChI=1S/C11H26N2O/c1-5-10(3)13(4)8-7-12-9-11(14)6-2/h10-12,14H,5-9H2,1-4H3. The van der Waals surface area contributed by atoms with Crippen LogP contribution in [0.15, 0.2) is 0 Å². The van der Waals surface area contributed by atoms with Crippen molar-refractivity contribution >= 4 is 0 Å². The van der Waals surface area contributed by atoms with E-state index in [0.29, 0.717) is 12.6 Å². The number of rotatable bonds is 8. The summed E-state index contributed by atoms with van der Waals surface area (Å²) >= 11 is 0. The van der Waals surface area contributed by atoms with Crippen LogP contribution in [0.2, 0.25) is 0 Å². The molecule has 2 atom stereocenters. The number of nitrogens with zero attached hydrogens (tertiary/aromatic N) is 1. The fourth-order valence-electron chi connectivity index (χ4n) is 1.20. The third-order valence-electron chi connectivity index (χ3n) is 2.84. The van der Waals surface area contributed by atoms with Gasteiger partial charge in [-0.05, 0) is 26.8 Å². The van der Waals surface area contributed by atoms with E-state index >= 15 is 0 Å². The first-order valence-corrected chi connectivity index (χ1v) is 5.70. The first-order chi connectivity index (χ1) is 6.61. The van der Waals surface area contributed by atoms with Crippen LogP contribution in [0, 0.1) is 0 Å². The zero-order valence-electron chi connectivity index (χ0n) is 10.1. The Bertz CT molecular complexity index is 130. The molecule has 0 bridgehead atoms. The monoisotopic (exact) mass is 202 g/mol. The van der Waals surface area contributed by atoms with Gasteiger partial charge in [0.15, 0.2) is 0 Å². The van der Waals surface area contributed by atoms with E-state index in [1.165, 1.54) is 6.42 Å². The van der Waals surface area contributed by atoms with Crippen molar-refractivity contribution in [2.75, 3.05) is 26.7 Å². The second kappa shape index (κ2) is 8.21. The lowest BCUT2D eigenvalue weighted by molar-refractivity contribution is 0.164. The number of aliphatic hydroxyl groups excluding tert-OH is 1. The molecule has 0 saturated carbocycles. The first kappa shape index (κ1) is 13.9. The number of hydrogen-bond donors (Lipinski definition) is 2. The summed E-state index contributed by atoms with van der Waals surface area (Å²) in [5.74, 6) is 0. The third-order valence-corrected chi connectivity index (χ3v) is 2.84. The van der Waals surface area contributed by atoms with Gasteiger partial charge in [-0.2, -0.15) is 0 Å². The molecule has 0 aliphatic carbocycles. The minimum Gasteiger partial charge on any atom is -0.392 e. The van der Waals surface area contributed by atoms with Gasteiger partial charge in [0.25, 0.3) is 0 Å². The smallest absolute Gasteiger partial charge is 0.0662 e. The molecule has 0 heterocycles. The summed E-state index contributed by atoms with van der Waals surface area (Å²) in [6.07, 6.45) is 1.83. The van der Waals surface area contributed by atoms with E-state index in [2.05, 4.69) is 31.1 Å². The topological polar surface area (TPSA) is 35.5 Å². The minimum atomic E-state index is -0.191. The van der Waals surface area contributed by atoms with E-state index in [0.717, 1.165) is 19.5 Å². The second-order valence-electron chi connectivity index (χ2n) is 4.00. The van der Waals surface area contributed by atoms with Crippen molar-refractivity contribution in [2.45, 2.75) is 45.8 Å². The summed E-state index contributed by atoms with van der Waals surface area (Å²) in [5.41, 5.74) is 0. The van der Waals surface area contributed by atoms with Gasteiger partial charge in [-0.15, -0.1) is 0 Å². The Morgan fingerprint density at radius 1 is 1.29 bits per heavy atom. The fourth-order valence-corrected chi connectivity index (χ4v) is 1.20. The molecule has 86 valence electrons. The fraction of sp³-hybridized carbons (Fsp3) is 1.00. The molecule has 0 aromatic rings. The highest BCUT2D eigenvalue weighted by atomic mass is 16.3. The Morgan fingerprint density at radius 3 is 2.43 bits per heavy atom. The van der Waals surface area contributed by atoms with E-state index < -0.39 is 0 Å². The Kier molecular flexibility index (Phi) is 8.14. The lowest BCUT2D eigenvalue weighted by atomic mass is 10.2. The summed E-state index contributed by atoms with van der Waals surface area (Å²) in [7, 11) is 2.14. The van der Waals surface area contributed by atoms with Gasteiger partial charge in [-0.1, -0.05) is 13.8 Å². The van der Waals surface area contributed by atoms with Crippen molar-refractivity contribution in [3.63, 3.8) is 0 Å². The van der Waals surface area contributed by atoms with Gasteiger partial charge in [-0.25, -0.2) is 0 Å². The van der Waals surface area contributed by atoms with Crippen LogP contribution in [0.25, 0.3) is 0 Å². The molecule has 0 radical (unpaired) electrons. The van der Waals surface area contributed by atoms with Crippen LogP contribution in [-0.4, -0.2) is 48.8 Å². The van der Waals surface area contributed by atoms with Gasteiger partial charge in [0.2, 0.25) is 0 Å². The Labute approximate surface area is 88.5 Å². The van der Waals surface area contributed by atoms with Crippen LogP contribution in [-0.2, 0) is 0 Å². The van der Waals surface area contributed by atoms with Crippen LogP contribution >= 0.6 is 0 Å². The SMILES string of the molecule is CCC(O)CNCCN(C)C(C)CC. The quantitative estimate of drug-likeness (QED) is 0.578. The van der Waals surface area contributed by atoms with Crippen molar-refractivity contribution in [1.29, 1.82) is 0 Å². The van der Waals surface area contributed by atoms with Gasteiger partial charge >= 0.3 is 0 Å². The summed E-state index contributed by atoms with van der Waals surface area (Å²) < 4.78 is 0. The molecule has 0 aliphatic heterocycles. The van der Waals surface area contributed by atoms with Crippen molar-refractivity contribution < 1.29 is 5.11 Å². The number of likely N-dealkylation sites (N-methyl/N-ethyl adjacent to an activating group) is 1. The minimum absolute atomic E-state index is 0.191. The van der Waals surface area contributed by atoms with Crippen LogP contribution < -0.4 is 5.32 Å². The highest BCUT2D eigenvalue weighted by molar-refractivity contribution is 4.63. The van der Waals surface area contributed by atoms with Crippen molar-refractivity contribution in [1.82, 2.24) is 10.2 Å². The Morgan fingerprint density at radius 2 is 1.93 bits per heavy atom. The first-order valence-electron chi connectivity index (χ1n) is 5.70. The predicted octanol–water partition coefficient (Wildman–Crippen LogP) is 1.08. The molecule has 0 aromatic heterocycles. The summed E-state index contributed by atoms with van der Waals surface area (Å²) in [5, 5.41) is 12.6. The molecule has 0 aliphatic rings. The normalized spacial score (nSPS) is 15.9. The molecule has 0 saturated heterocycles. The molecular weight excluding hydrogens is 176 g/mol. The van der Waals surface area contributed by atoms with Crippen LogP contribution in [0.3, 0.4) is 0 Å². The van der Waals surface area contributed by atoms with Crippen LogP contribution in [0.5, 0.6) is 0 Å². The lowest BCUT2D eigenvalue weighted by Crippen LogP contribution is -2.37. The maximum atomic E-state index is 9.30. The average molecular weight is 202 g/mol. The average Bonchev–Trinajstić information content (AvgIpc) is 2.22. The maximum Gasteiger partial charge on any atom is 0.0662 e. The van der Waals surface area contributed by atoms with Crippen molar-refractivity contribution in [3.8, 4) is 0 Å². The summed E-state index contributed by atoms with van der Waals surface area (Å²) in [4.78, 5) is 2.34. The zero-order chi connectivity index (χ0) is 11.0. The molecule has 2 unspecified atom stereocenters.